The van der Waals surface area contributed by atoms with E-state index in [0.29, 0.717) is 12.1 Å². The minimum atomic E-state index is -0.620. The number of alkyl carbamates (subject to hydrolysis) is 1. The van der Waals surface area contributed by atoms with E-state index >= 15 is 0 Å². The zero-order chi connectivity index (χ0) is 16.9. The van der Waals surface area contributed by atoms with E-state index in [1.165, 1.54) is 0 Å². The average molecular weight is 319 g/mol. The SMILES string of the molecule is CC(C)(C)OC(=O)N[C@@H](CN1CCCC1)C(=O)c1ccncc1. The lowest BCUT2D eigenvalue weighted by Crippen LogP contribution is -2.49. The van der Waals surface area contributed by atoms with Crippen LogP contribution in [0, 0.1) is 0 Å². The Bertz CT molecular complexity index is 534. The Morgan fingerprint density at radius 3 is 2.43 bits per heavy atom. The summed E-state index contributed by atoms with van der Waals surface area (Å²) >= 11 is 0. The number of hydrogen-bond acceptors (Lipinski definition) is 5. The molecule has 0 saturated carbocycles. The molecule has 0 bridgehead atoms. The van der Waals surface area contributed by atoms with E-state index in [1.807, 2.05) is 0 Å². The number of amides is 1. The number of ketones is 1. The van der Waals surface area contributed by atoms with Gasteiger partial charge >= 0.3 is 6.09 Å². The summed E-state index contributed by atoms with van der Waals surface area (Å²) in [6, 6.07) is 2.71. The highest BCUT2D eigenvalue weighted by atomic mass is 16.6. The summed E-state index contributed by atoms with van der Waals surface area (Å²) in [7, 11) is 0. The summed E-state index contributed by atoms with van der Waals surface area (Å²) in [6.07, 6.45) is 4.84. The van der Waals surface area contributed by atoms with Gasteiger partial charge in [-0.1, -0.05) is 0 Å². The second-order valence-corrected chi connectivity index (χ2v) is 6.81. The minimum absolute atomic E-state index is 0.120. The number of pyridine rings is 1. The van der Waals surface area contributed by atoms with Crippen molar-refractivity contribution in [2.24, 2.45) is 0 Å². The Morgan fingerprint density at radius 2 is 1.87 bits per heavy atom. The van der Waals surface area contributed by atoms with Crippen LogP contribution in [0.3, 0.4) is 0 Å². The molecule has 1 saturated heterocycles. The maximum absolute atomic E-state index is 12.7. The zero-order valence-corrected chi connectivity index (χ0v) is 14.0. The molecule has 1 amide bonds. The first kappa shape index (κ1) is 17.4. The van der Waals surface area contributed by atoms with Gasteiger partial charge in [-0.25, -0.2) is 4.79 Å². The van der Waals surface area contributed by atoms with Crippen molar-refractivity contribution in [2.45, 2.75) is 45.3 Å². The van der Waals surface area contributed by atoms with E-state index in [-0.39, 0.29) is 5.78 Å². The molecule has 1 aliphatic heterocycles. The predicted octanol–water partition coefficient (Wildman–Crippen LogP) is 2.25. The van der Waals surface area contributed by atoms with E-state index in [4.69, 9.17) is 4.74 Å². The Morgan fingerprint density at radius 1 is 1.26 bits per heavy atom. The third-order valence-corrected chi connectivity index (χ3v) is 3.61. The molecule has 1 atom stereocenters. The van der Waals surface area contributed by atoms with Gasteiger partial charge < -0.3 is 15.0 Å². The molecule has 6 heteroatoms. The fourth-order valence-corrected chi connectivity index (χ4v) is 2.58. The van der Waals surface area contributed by atoms with Crippen LogP contribution in [0.2, 0.25) is 0 Å². The molecular formula is C17H25N3O3. The summed E-state index contributed by atoms with van der Waals surface area (Å²) in [5.74, 6) is -0.120. The number of Topliss-reactive ketones (excluding diaryl/α,β-unsaturated/α-hetero) is 1. The Hall–Kier alpha value is -1.95. The van der Waals surface area contributed by atoms with Crippen LogP contribution >= 0.6 is 0 Å². The van der Waals surface area contributed by atoms with Gasteiger partial charge in [-0.15, -0.1) is 0 Å². The van der Waals surface area contributed by atoms with Gasteiger partial charge in [0, 0.05) is 24.5 Å². The van der Waals surface area contributed by atoms with Crippen molar-refractivity contribution < 1.29 is 14.3 Å². The van der Waals surface area contributed by atoms with Crippen LogP contribution in [0.15, 0.2) is 24.5 Å². The summed E-state index contributed by atoms with van der Waals surface area (Å²) in [5.41, 5.74) is -0.0533. The van der Waals surface area contributed by atoms with Gasteiger partial charge in [0.25, 0.3) is 0 Å². The molecule has 1 aromatic rings. The number of ether oxygens (including phenoxy) is 1. The summed E-state index contributed by atoms with van der Waals surface area (Å²) in [5, 5.41) is 2.73. The van der Waals surface area contributed by atoms with Crippen molar-refractivity contribution in [3.8, 4) is 0 Å². The molecule has 0 unspecified atom stereocenters. The highest BCUT2D eigenvalue weighted by Gasteiger charge is 2.28. The third kappa shape index (κ3) is 5.63. The van der Waals surface area contributed by atoms with E-state index in [9.17, 15) is 9.59 Å². The molecule has 0 aliphatic carbocycles. The maximum Gasteiger partial charge on any atom is 0.408 e. The molecule has 1 fully saturated rings. The fraction of sp³-hybridized carbons (Fsp3) is 0.588. The molecular weight excluding hydrogens is 294 g/mol. The van der Waals surface area contributed by atoms with Crippen molar-refractivity contribution in [2.75, 3.05) is 19.6 Å². The van der Waals surface area contributed by atoms with Crippen molar-refractivity contribution in [3.63, 3.8) is 0 Å². The monoisotopic (exact) mass is 319 g/mol. The lowest BCUT2D eigenvalue weighted by Gasteiger charge is -2.26. The number of nitrogens with one attached hydrogen (secondary N) is 1. The Kier molecular flexibility index (Phi) is 5.71. The van der Waals surface area contributed by atoms with Gasteiger partial charge in [-0.2, -0.15) is 0 Å². The highest BCUT2D eigenvalue weighted by Crippen LogP contribution is 2.12. The molecule has 0 aromatic carbocycles. The minimum Gasteiger partial charge on any atom is -0.444 e. The zero-order valence-electron chi connectivity index (χ0n) is 14.0. The lowest BCUT2D eigenvalue weighted by atomic mass is 10.1. The van der Waals surface area contributed by atoms with Gasteiger partial charge in [-0.05, 0) is 58.8 Å². The number of carbonyl (C=O) groups excluding carboxylic acids is 2. The number of rotatable bonds is 5. The number of hydrogen-bond donors (Lipinski definition) is 1. The van der Waals surface area contributed by atoms with Crippen LogP contribution in [0.5, 0.6) is 0 Å². The molecule has 2 rings (SSSR count). The van der Waals surface area contributed by atoms with Crippen molar-refractivity contribution in [3.05, 3.63) is 30.1 Å². The van der Waals surface area contributed by atoms with Crippen molar-refractivity contribution in [1.29, 1.82) is 0 Å². The molecule has 23 heavy (non-hydrogen) atoms. The fourth-order valence-electron chi connectivity index (χ4n) is 2.58. The first-order valence-corrected chi connectivity index (χ1v) is 8.01. The molecule has 126 valence electrons. The summed E-state index contributed by atoms with van der Waals surface area (Å²) < 4.78 is 5.29. The normalized spacial score (nSPS) is 16.8. The van der Waals surface area contributed by atoms with E-state index in [1.54, 1.807) is 45.3 Å². The van der Waals surface area contributed by atoms with E-state index < -0.39 is 17.7 Å². The van der Waals surface area contributed by atoms with E-state index in [2.05, 4.69) is 15.2 Å². The smallest absolute Gasteiger partial charge is 0.408 e. The Balaban J connectivity index is 2.07. The number of aromatic nitrogens is 1. The molecule has 6 nitrogen and oxygen atoms in total. The average Bonchev–Trinajstić information content (AvgIpc) is 2.98. The largest absolute Gasteiger partial charge is 0.444 e. The quantitative estimate of drug-likeness (QED) is 0.843. The highest BCUT2D eigenvalue weighted by molar-refractivity contribution is 6.01. The van der Waals surface area contributed by atoms with Gasteiger partial charge in [0.2, 0.25) is 0 Å². The summed E-state index contributed by atoms with van der Waals surface area (Å²) in [4.78, 5) is 30.9. The van der Waals surface area contributed by atoms with Crippen LogP contribution in [0.4, 0.5) is 4.79 Å². The van der Waals surface area contributed by atoms with Gasteiger partial charge in [0.05, 0.1) is 0 Å². The third-order valence-electron chi connectivity index (χ3n) is 3.61. The van der Waals surface area contributed by atoms with Gasteiger partial charge in [0.1, 0.15) is 11.6 Å². The molecule has 0 spiro atoms. The van der Waals surface area contributed by atoms with E-state index in [0.717, 1.165) is 25.9 Å². The van der Waals surface area contributed by atoms with Crippen molar-refractivity contribution >= 4 is 11.9 Å². The summed E-state index contributed by atoms with van der Waals surface area (Å²) in [6.45, 7) is 7.80. The standard InChI is InChI=1S/C17H25N3O3/c1-17(2,3)23-16(22)19-14(12-20-10-4-5-11-20)15(21)13-6-8-18-9-7-13/h6-9,14H,4-5,10-12H2,1-3H3,(H,19,22)/t14-/m0/s1. The number of carbonyl (C=O) groups is 2. The second kappa shape index (κ2) is 7.55. The molecule has 0 radical (unpaired) electrons. The van der Waals surface area contributed by atoms with Gasteiger partial charge in [0.15, 0.2) is 5.78 Å². The first-order chi connectivity index (χ1) is 10.8. The maximum atomic E-state index is 12.7. The second-order valence-electron chi connectivity index (χ2n) is 6.81. The topological polar surface area (TPSA) is 71.5 Å². The molecule has 2 heterocycles. The predicted molar refractivity (Wildman–Crippen MR) is 87.4 cm³/mol. The molecule has 1 N–H and O–H groups in total. The number of nitrogens with zero attached hydrogens (tertiary/aromatic N) is 2. The van der Waals surface area contributed by atoms with Crippen LogP contribution < -0.4 is 5.32 Å². The van der Waals surface area contributed by atoms with Crippen LogP contribution in [-0.4, -0.2) is 53.0 Å². The van der Waals surface area contributed by atoms with Crippen LogP contribution in [0.25, 0.3) is 0 Å². The van der Waals surface area contributed by atoms with Crippen LogP contribution in [-0.2, 0) is 4.74 Å². The lowest BCUT2D eigenvalue weighted by molar-refractivity contribution is 0.0480. The molecule has 1 aliphatic rings. The number of likely N-dealkylation sites (tertiary alicyclic amines) is 1. The molecule has 1 aromatic heterocycles. The first-order valence-electron chi connectivity index (χ1n) is 8.01. The van der Waals surface area contributed by atoms with Gasteiger partial charge in [-0.3, -0.25) is 9.78 Å². The Labute approximate surface area is 137 Å². The van der Waals surface area contributed by atoms with Crippen molar-refractivity contribution in [1.82, 2.24) is 15.2 Å². The van der Waals surface area contributed by atoms with Crippen LogP contribution in [0.1, 0.15) is 44.0 Å².